The lowest BCUT2D eigenvalue weighted by Crippen LogP contribution is -2.35. The summed E-state index contributed by atoms with van der Waals surface area (Å²) >= 11 is 2.86. The number of anilines is 3. The van der Waals surface area contributed by atoms with Crippen LogP contribution in [0.4, 0.5) is 17.3 Å². The van der Waals surface area contributed by atoms with Crippen molar-refractivity contribution < 1.29 is 9.90 Å². The molecule has 9 heteroatoms. The number of nitrogens with one attached hydrogen (secondary N) is 2. The van der Waals surface area contributed by atoms with Crippen LogP contribution in [0.3, 0.4) is 0 Å². The number of carbonyl (C=O) groups is 1. The summed E-state index contributed by atoms with van der Waals surface area (Å²) in [6.45, 7) is 10.1. The Hall–Kier alpha value is -2.65. The van der Waals surface area contributed by atoms with Gasteiger partial charge in [-0.1, -0.05) is 26.8 Å². The van der Waals surface area contributed by atoms with Crippen LogP contribution in [-0.2, 0) is 0 Å². The lowest BCUT2D eigenvalue weighted by atomic mass is 9.86. The number of benzene rings is 1. The van der Waals surface area contributed by atoms with Crippen molar-refractivity contribution in [2.45, 2.75) is 53.0 Å². The zero-order valence-corrected chi connectivity index (χ0v) is 21.1. The number of rotatable bonds is 6. The van der Waals surface area contributed by atoms with E-state index in [0.717, 1.165) is 44.1 Å². The quantitative estimate of drug-likeness (QED) is 0.361. The van der Waals surface area contributed by atoms with E-state index in [9.17, 15) is 9.90 Å². The van der Waals surface area contributed by atoms with Crippen molar-refractivity contribution >= 4 is 46.3 Å². The Bertz CT molecular complexity index is 1110. The molecule has 1 amide bonds. The number of phenols is 1. The van der Waals surface area contributed by atoms with Gasteiger partial charge in [-0.05, 0) is 55.9 Å². The monoisotopic (exact) mass is 485 g/mol. The van der Waals surface area contributed by atoms with Crippen molar-refractivity contribution in [1.29, 1.82) is 0 Å². The summed E-state index contributed by atoms with van der Waals surface area (Å²) < 4.78 is 8.87. The largest absolute Gasteiger partial charge is 0.505 e. The van der Waals surface area contributed by atoms with E-state index in [4.69, 9.17) is 0 Å². The minimum atomic E-state index is -0.133. The Morgan fingerprint density at radius 2 is 1.82 bits per heavy atom. The molecule has 0 radical (unpaired) electrons. The van der Waals surface area contributed by atoms with Crippen LogP contribution in [0.15, 0.2) is 30.3 Å². The molecule has 1 fully saturated rings. The highest BCUT2D eigenvalue weighted by molar-refractivity contribution is 7.12. The highest BCUT2D eigenvalue weighted by atomic mass is 32.1. The van der Waals surface area contributed by atoms with Crippen LogP contribution < -0.4 is 10.6 Å². The molecule has 7 nitrogen and oxygen atoms in total. The number of hydrogen-bond acceptors (Lipinski definition) is 8. The topological polar surface area (TPSA) is 90.4 Å². The summed E-state index contributed by atoms with van der Waals surface area (Å²) in [6.07, 6.45) is 3.15. The molecule has 4 rings (SSSR count). The van der Waals surface area contributed by atoms with Crippen molar-refractivity contribution in [3.05, 3.63) is 45.6 Å². The molecule has 1 saturated heterocycles. The molecule has 1 aliphatic rings. The molecule has 3 aromatic rings. The number of likely N-dealkylation sites (tertiary alicyclic amines) is 1. The van der Waals surface area contributed by atoms with E-state index >= 15 is 0 Å². The normalized spacial score (nSPS) is 15.3. The van der Waals surface area contributed by atoms with E-state index in [1.54, 1.807) is 29.5 Å². The van der Waals surface area contributed by atoms with Crippen molar-refractivity contribution in [1.82, 2.24) is 13.6 Å². The van der Waals surface area contributed by atoms with Gasteiger partial charge in [0.15, 0.2) is 17.4 Å². The van der Waals surface area contributed by atoms with Gasteiger partial charge in [-0.3, -0.25) is 4.79 Å². The second-order valence-electron chi connectivity index (χ2n) is 9.53. The van der Waals surface area contributed by atoms with Crippen molar-refractivity contribution in [3.63, 3.8) is 0 Å². The van der Waals surface area contributed by atoms with Crippen LogP contribution in [-0.4, -0.2) is 37.8 Å². The first-order valence-corrected chi connectivity index (χ1v) is 12.8. The van der Waals surface area contributed by atoms with Crippen molar-refractivity contribution in [2.24, 2.45) is 5.41 Å². The first-order valence-electron chi connectivity index (χ1n) is 11.3. The van der Waals surface area contributed by atoms with Gasteiger partial charge in [-0.2, -0.15) is 8.75 Å². The van der Waals surface area contributed by atoms with E-state index in [1.807, 2.05) is 4.90 Å². The second-order valence-corrected chi connectivity index (χ2v) is 11.4. The number of aromatic nitrogens is 2. The summed E-state index contributed by atoms with van der Waals surface area (Å²) in [6, 6.07) is 9.51. The number of nitrogens with zero attached hydrogens (tertiary/aromatic N) is 3. The standard InChI is InChI=1S/C24H31N5O2S2/c1-15-11-12-18(32-15)20(24(2,3)4)26-22-21(27-33-28-22)25-17-10-8-9-16(19(17)30)23(31)29-13-6-5-7-14-29/h8-12,20,30H,5-7,13-14H2,1-4H3,(H,25,27)(H,26,28). The van der Waals surface area contributed by atoms with Gasteiger partial charge in [0, 0.05) is 22.8 Å². The molecular weight excluding hydrogens is 454 g/mol. The third kappa shape index (κ3) is 5.30. The van der Waals surface area contributed by atoms with E-state index < -0.39 is 0 Å². The summed E-state index contributed by atoms with van der Waals surface area (Å²) in [5.41, 5.74) is 0.690. The fourth-order valence-electron chi connectivity index (χ4n) is 4.04. The third-order valence-electron chi connectivity index (χ3n) is 5.84. The molecule has 1 aromatic carbocycles. The number of para-hydroxylation sites is 1. The third-order valence-corrected chi connectivity index (χ3v) is 7.44. The lowest BCUT2D eigenvalue weighted by molar-refractivity contribution is 0.0721. The molecule has 1 atom stereocenters. The highest BCUT2D eigenvalue weighted by Gasteiger charge is 2.29. The summed E-state index contributed by atoms with van der Waals surface area (Å²) in [5, 5.41) is 17.6. The molecule has 3 heterocycles. The Kier molecular flexibility index (Phi) is 6.90. The molecular formula is C24H31N5O2S2. The van der Waals surface area contributed by atoms with Crippen LogP contribution in [0.5, 0.6) is 5.75 Å². The zero-order valence-electron chi connectivity index (χ0n) is 19.5. The Balaban J connectivity index is 1.57. The number of carbonyl (C=O) groups excluding carboxylic acids is 1. The van der Waals surface area contributed by atoms with Gasteiger partial charge in [0.05, 0.1) is 29.0 Å². The molecule has 0 saturated carbocycles. The number of piperidine rings is 1. The number of phenolic OH excluding ortho intramolecular Hbond substituents is 1. The average Bonchev–Trinajstić information content (AvgIpc) is 3.41. The highest BCUT2D eigenvalue weighted by Crippen LogP contribution is 2.41. The Morgan fingerprint density at radius 3 is 2.48 bits per heavy atom. The van der Waals surface area contributed by atoms with E-state index in [0.29, 0.717) is 22.9 Å². The maximum absolute atomic E-state index is 13.0. The lowest BCUT2D eigenvalue weighted by Gasteiger charge is -2.31. The SMILES string of the molecule is Cc1ccc(C(Nc2nsnc2Nc2cccc(C(=O)N3CCCCC3)c2O)C(C)(C)C)s1. The minimum absolute atomic E-state index is 0.0428. The molecule has 176 valence electrons. The average molecular weight is 486 g/mol. The maximum atomic E-state index is 13.0. The predicted molar refractivity (Wildman–Crippen MR) is 136 cm³/mol. The number of aromatic hydroxyl groups is 1. The molecule has 2 aromatic heterocycles. The van der Waals surface area contributed by atoms with Crippen LogP contribution in [0, 0.1) is 12.3 Å². The van der Waals surface area contributed by atoms with Crippen LogP contribution >= 0.6 is 23.1 Å². The molecule has 33 heavy (non-hydrogen) atoms. The van der Waals surface area contributed by atoms with E-state index in [1.165, 1.54) is 9.75 Å². The van der Waals surface area contributed by atoms with Gasteiger partial charge < -0.3 is 20.6 Å². The van der Waals surface area contributed by atoms with Gasteiger partial charge in [0.1, 0.15) is 0 Å². The maximum Gasteiger partial charge on any atom is 0.257 e. The predicted octanol–water partition coefficient (Wildman–Crippen LogP) is 6.18. The smallest absolute Gasteiger partial charge is 0.257 e. The van der Waals surface area contributed by atoms with Gasteiger partial charge in [-0.15, -0.1) is 11.3 Å². The number of thiophene rings is 1. The van der Waals surface area contributed by atoms with Gasteiger partial charge >= 0.3 is 0 Å². The first-order chi connectivity index (χ1) is 15.7. The first kappa shape index (κ1) is 23.5. The number of hydrogen-bond donors (Lipinski definition) is 3. The van der Waals surface area contributed by atoms with E-state index in [2.05, 4.69) is 59.2 Å². The van der Waals surface area contributed by atoms with E-state index in [-0.39, 0.29) is 23.1 Å². The molecule has 0 aliphatic carbocycles. The fraction of sp³-hybridized carbons (Fsp3) is 0.458. The zero-order chi connectivity index (χ0) is 23.6. The summed E-state index contributed by atoms with van der Waals surface area (Å²) in [7, 11) is 0. The Labute approximate surface area is 203 Å². The van der Waals surface area contributed by atoms with Crippen LogP contribution in [0.1, 0.15) is 66.2 Å². The summed E-state index contributed by atoms with van der Waals surface area (Å²) in [4.78, 5) is 17.3. The Morgan fingerprint density at radius 1 is 1.09 bits per heavy atom. The molecule has 3 N–H and O–H groups in total. The second kappa shape index (κ2) is 9.69. The number of amides is 1. The molecule has 1 unspecified atom stereocenters. The number of aryl methyl sites for hydroxylation is 1. The fourth-order valence-corrected chi connectivity index (χ4v) is 5.69. The van der Waals surface area contributed by atoms with Crippen LogP contribution in [0.2, 0.25) is 0 Å². The van der Waals surface area contributed by atoms with Crippen molar-refractivity contribution in [2.75, 3.05) is 23.7 Å². The van der Waals surface area contributed by atoms with Crippen molar-refractivity contribution in [3.8, 4) is 5.75 Å². The summed E-state index contributed by atoms with van der Waals surface area (Å²) in [5.74, 6) is 0.957. The molecule has 1 aliphatic heterocycles. The van der Waals surface area contributed by atoms with Gasteiger partial charge in [0.2, 0.25) is 0 Å². The molecule has 0 spiro atoms. The van der Waals surface area contributed by atoms with Crippen LogP contribution in [0.25, 0.3) is 0 Å². The van der Waals surface area contributed by atoms with Gasteiger partial charge in [-0.25, -0.2) is 0 Å². The van der Waals surface area contributed by atoms with Gasteiger partial charge in [0.25, 0.3) is 5.91 Å². The minimum Gasteiger partial charge on any atom is -0.505 e. The molecule has 0 bridgehead atoms.